The topological polar surface area (TPSA) is 44.6 Å². The van der Waals surface area contributed by atoms with E-state index in [1.807, 2.05) is 0 Å². The first-order chi connectivity index (χ1) is 4.85. The van der Waals surface area contributed by atoms with E-state index in [-0.39, 0.29) is 3.72 Å². The van der Waals surface area contributed by atoms with Gasteiger partial charge in [-0.15, -0.1) is 0 Å². The van der Waals surface area contributed by atoms with Crippen LogP contribution >= 0.6 is 22.6 Å². The van der Waals surface area contributed by atoms with Gasteiger partial charge in [0.1, 0.15) is 3.72 Å². The van der Waals surface area contributed by atoms with Crippen LogP contribution in [0.15, 0.2) is 5.10 Å². The summed E-state index contributed by atoms with van der Waals surface area (Å²) in [5.41, 5.74) is -1.22. The summed E-state index contributed by atoms with van der Waals surface area (Å²) in [6.07, 6.45) is -5.19. The molecule has 0 aromatic rings. The number of rotatable bonds is 0. The van der Waals surface area contributed by atoms with Crippen molar-refractivity contribution >= 4 is 26.3 Å². The molecule has 3 nitrogen and oxygen atoms in total. The predicted molar refractivity (Wildman–Crippen MR) is 40.2 cm³/mol. The monoisotopic (exact) mass is 280 g/mol. The number of hydrogen-bond acceptors (Lipinski definition) is 3. The smallest absolute Gasteiger partial charge is 0.362 e. The largest absolute Gasteiger partial charge is 0.438 e. The van der Waals surface area contributed by atoms with Crippen LogP contribution in [0.3, 0.4) is 0 Å². The zero-order chi connectivity index (χ0) is 8.70. The summed E-state index contributed by atoms with van der Waals surface area (Å²) < 4.78 is 36.0. The molecule has 7 heteroatoms. The van der Waals surface area contributed by atoms with Gasteiger partial charge in [0.2, 0.25) is 0 Å². The van der Waals surface area contributed by atoms with Crippen molar-refractivity contribution in [1.29, 1.82) is 0 Å². The van der Waals surface area contributed by atoms with Crippen LogP contribution in [0.4, 0.5) is 13.2 Å². The van der Waals surface area contributed by atoms with E-state index in [4.69, 9.17) is 5.11 Å². The molecule has 1 rings (SSSR count). The fourth-order valence-corrected chi connectivity index (χ4v) is 1.28. The number of aliphatic hydroxyl groups is 1. The molecule has 1 aliphatic heterocycles. The standard InChI is InChI=1S/C4H4F3IN2O/c5-4(6,7)3(11)1-2(8)9-10-3/h10-11H,1H2. The van der Waals surface area contributed by atoms with Crippen molar-refractivity contribution in [1.82, 2.24) is 5.43 Å². The molecular weight excluding hydrogens is 276 g/mol. The van der Waals surface area contributed by atoms with Crippen molar-refractivity contribution in [3.63, 3.8) is 0 Å². The summed E-state index contributed by atoms with van der Waals surface area (Å²) in [4.78, 5) is 0. The lowest BCUT2D eigenvalue weighted by atomic mass is 10.2. The van der Waals surface area contributed by atoms with Gasteiger partial charge in [-0.05, 0) is 22.6 Å². The Kier molecular flexibility index (Phi) is 2.03. The normalized spacial score (nSPS) is 31.5. The van der Waals surface area contributed by atoms with Crippen molar-refractivity contribution < 1.29 is 18.3 Å². The van der Waals surface area contributed by atoms with Crippen LogP contribution in [0.25, 0.3) is 0 Å². The Morgan fingerprint density at radius 1 is 1.64 bits per heavy atom. The Balaban J connectivity index is 2.74. The molecule has 0 amide bonds. The molecule has 11 heavy (non-hydrogen) atoms. The van der Waals surface area contributed by atoms with E-state index >= 15 is 0 Å². The maximum atomic E-state index is 11.9. The van der Waals surface area contributed by atoms with Crippen LogP contribution in [0.1, 0.15) is 6.42 Å². The number of hydrogen-bond donors (Lipinski definition) is 2. The van der Waals surface area contributed by atoms with Crippen molar-refractivity contribution in [3.8, 4) is 0 Å². The van der Waals surface area contributed by atoms with Gasteiger partial charge in [-0.3, -0.25) is 5.43 Å². The van der Waals surface area contributed by atoms with E-state index in [1.54, 1.807) is 28.0 Å². The lowest BCUT2D eigenvalue weighted by molar-refractivity contribution is -0.266. The Bertz CT molecular complexity index is 204. The Hall–Kier alpha value is -0.0500. The van der Waals surface area contributed by atoms with Gasteiger partial charge in [-0.2, -0.15) is 18.3 Å². The molecular formula is C4H4F3IN2O. The molecule has 2 N–H and O–H groups in total. The molecule has 1 aliphatic rings. The van der Waals surface area contributed by atoms with Crippen molar-refractivity contribution in [2.24, 2.45) is 5.10 Å². The van der Waals surface area contributed by atoms with E-state index in [1.165, 1.54) is 0 Å². The molecule has 0 fully saturated rings. The fourth-order valence-electron chi connectivity index (χ4n) is 0.607. The van der Waals surface area contributed by atoms with E-state index in [0.717, 1.165) is 0 Å². The average Bonchev–Trinajstić information content (AvgIpc) is 2.10. The van der Waals surface area contributed by atoms with Crippen molar-refractivity contribution in [3.05, 3.63) is 0 Å². The van der Waals surface area contributed by atoms with Crippen molar-refractivity contribution in [2.75, 3.05) is 0 Å². The summed E-state index contributed by atoms with van der Waals surface area (Å²) in [6, 6.07) is 0. The van der Waals surface area contributed by atoms with Gasteiger partial charge < -0.3 is 5.11 Å². The van der Waals surface area contributed by atoms with Gasteiger partial charge in [0, 0.05) is 0 Å². The molecule has 1 heterocycles. The molecule has 1 unspecified atom stereocenters. The molecule has 0 saturated carbocycles. The molecule has 0 saturated heterocycles. The van der Waals surface area contributed by atoms with E-state index in [0.29, 0.717) is 0 Å². The minimum atomic E-state index is -4.68. The number of hydrazone groups is 1. The third kappa shape index (κ3) is 1.58. The van der Waals surface area contributed by atoms with E-state index < -0.39 is 18.3 Å². The van der Waals surface area contributed by atoms with Crippen LogP contribution in [0, 0.1) is 0 Å². The highest BCUT2D eigenvalue weighted by molar-refractivity contribution is 14.1. The highest BCUT2D eigenvalue weighted by Crippen LogP contribution is 2.34. The summed E-state index contributed by atoms with van der Waals surface area (Å²) >= 11 is 1.62. The number of halogens is 4. The fraction of sp³-hybridized carbons (Fsp3) is 0.750. The predicted octanol–water partition coefficient (Wildman–Crippen LogP) is 0.979. The molecule has 0 spiro atoms. The third-order valence-corrected chi connectivity index (χ3v) is 1.86. The maximum absolute atomic E-state index is 11.9. The van der Waals surface area contributed by atoms with Crippen LogP contribution in [0.2, 0.25) is 0 Å². The highest BCUT2D eigenvalue weighted by Gasteiger charge is 2.56. The first kappa shape index (κ1) is 9.04. The average molecular weight is 280 g/mol. The molecule has 0 aromatic carbocycles. The van der Waals surface area contributed by atoms with Crippen molar-refractivity contribution in [2.45, 2.75) is 18.3 Å². The third-order valence-electron chi connectivity index (χ3n) is 1.23. The quantitative estimate of drug-likeness (QED) is 0.650. The van der Waals surface area contributed by atoms with Crippen LogP contribution in [-0.2, 0) is 0 Å². The molecule has 0 bridgehead atoms. The Labute approximate surface area is 73.8 Å². The summed E-state index contributed by atoms with van der Waals surface area (Å²) in [6.45, 7) is 0. The van der Waals surface area contributed by atoms with Gasteiger partial charge in [0.25, 0.3) is 5.72 Å². The van der Waals surface area contributed by atoms with E-state index in [2.05, 4.69) is 5.10 Å². The van der Waals surface area contributed by atoms with Gasteiger partial charge >= 0.3 is 6.18 Å². The van der Waals surface area contributed by atoms with Gasteiger partial charge in [-0.25, -0.2) is 0 Å². The first-order valence-electron chi connectivity index (χ1n) is 2.63. The Morgan fingerprint density at radius 3 is 2.36 bits per heavy atom. The number of nitrogens with zero attached hydrogens (tertiary/aromatic N) is 1. The number of alkyl halides is 3. The second-order valence-electron chi connectivity index (χ2n) is 2.13. The SMILES string of the molecule is OC1(C(F)(F)F)CC(I)=NN1. The summed E-state index contributed by atoms with van der Waals surface area (Å²) in [7, 11) is 0. The second-order valence-corrected chi connectivity index (χ2v) is 3.38. The lowest BCUT2D eigenvalue weighted by Gasteiger charge is -2.24. The number of nitrogens with one attached hydrogen (secondary N) is 1. The minimum absolute atomic E-state index is 0.211. The van der Waals surface area contributed by atoms with Gasteiger partial charge in [0.15, 0.2) is 0 Å². The highest BCUT2D eigenvalue weighted by atomic mass is 127. The molecule has 0 aliphatic carbocycles. The maximum Gasteiger partial charge on any atom is 0.438 e. The molecule has 0 radical (unpaired) electrons. The summed E-state index contributed by atoms with van der Waals surface area (Å²) in [5.74, 6) is 0. The van der Waals surface area contributed by atoms with E-state index in [9.17, 15) is 13.2 Å². The summed E-state index contributed by atoms with van der Waals surface area (Å²) in [5, 5.41) is 12.1. The zero-order valence-corrected chi connectivity index (χ0v) is 7.27. The zero-order valence-electron chi connectivity index (χ0n) is 5.11. The molecule has 0 aromatic heterocycles. The minimum Gasteiger partial charge on any atom is -0.362 e. The van der Waals surface area contributed by atoms with Crippen LogP contribution in [-0.4, -0.2) is 20.7 Å². The van der Waals surface area contributed by atoms with Crippen LogP contribution < -0.4 is 5.43 Å². The van der Waals surface area contributed by atoms with Gasteiger partial charge in [0.05, 0.1) is 6.42 Å². The Morgan fingerprint density at radius 2 is 2.18 bits per heavy atom. The molecule has 64 valence electrons. The first-order valence-corrected chi connectivity index (χ1v) is 3.71. The molecule has 1 atom stereocenters. The van der Waals surface area contributed by atoms with Crippen LogP contribution in [0.5, 0.6) is 0 Å². The lowest BCUT2D eigenvalue weighted by Crippen LogP contribution is -2.52. The second kappa shape index (κ2) is 2.47. The van der Waals surface area contributed by atoms with Gasteiger partial charge in [-0.1, -0.05) is 0 Å².